The Kier molecular flexibility index (Phi) is 5.39. The second-order valence-corrected chi connectivity index (χ2v) is 8.81. The molecule has 2 aliphatic rings. The molecule has 162 valence electrons. The van der Waals surface area contributed by atoms with Gasteiger partial charge >= 0.3 is 6.18 Å². The fourth-order valence-corrected chi connectivity index (χ4v) is 4.54. The molecule has 2 saturated heterocycles. The first kappa shape index (κ1) is 21.2. The van der Waals surface area contributed by atoms with Crippen molar-refractivity contribution in [3.63, 3.8) is 0 Å². The molecule has 0 radical (unpaired) electrons. The quantitative estimate of drug-likeness (QED) is 0.599. The summed E-state index contributed by atoms with van der Waals surface area (Å²) in [4.78, 5) is 4.19. The summed E-state index contributed by atoms with van der Waals surface area (Å²) in [6, 6.07) is 6.11. The molecule has 0 aromatic heterocycles. The second kappa shape index (κ2) is 7.61. The molecule has 0 unspecified atom stereocenters. The van der Waals surface area contributed by atoms with Gasteiger partial charge in [-0.05, 0) is 49.7 Å². The van der Waals surface area contributed by atoms with Gasteiger partial charge in [-0.2, -0.15) is 13.2 Å². The number of likely N-dealkylation sites (tertiary alicyclic amines) is 2. The number of benzene rings is 2. The summed E-state index contributed by atoms with van der Waals surface area (Å²) in [5.74, 6) is -1.78. The van der Waals surface area contributed by atoms with E-state index in [9.17, 15) is 22.0 Å². The van der Waals surface area contributed by atoms with Crippen LogP contribution in [0.2, 0.25) is 0 Å². The lowest BCUT2D eigenvalue weighted by Crippen LogP contribution is -2.49. The number of halogens is 5. The van der Waals surface area contributed by atoms with E-state index in [0.29, 0.717) is 13.1 Å². The molecule has 0 spiro atoms. The zero-order chi connectivity index (χ0) is 21.8. The van der Waals surface area contributed by atoms with Crippen LogP contribution in [0.4, 0.5) is 22.0 Å². The van der Waals surface area contributed by atoms with Gasteiger partial charge in [0, 0.05) is 55.7 Å². The van der Waals surface area contributed by atoms with E-state index in [-0.39, 0.29) is 34.6 Å². The highest BCUT2D eigenvalue weighted by Crippen LogP contribution is 2.44. The Labute approximate surface area is 173 Å². The number of hydrogen-bond acceptors (Lipinski definition) is 2. The molecule has 0 bridgehead atoms. The molecule has 0 atom stereocenters. The number of nitrogens with zero attached hydrogens (tertiary/aromatic N) is 2. The van der Waals surface area contributed by atoms with Crippen LogP contribution in [-0.2, 0) is 6.18 Å². The molecule has 0 N–H and O–H groups in total. The summed E-state index contributed by atoms with van der Waals surface area (Å²) in [7, 11) is 1.94. The molecular weight excluding hydrogens is 399 g/mol. The smallest absolute Gasteiger partial charge is 0.305 e. The Morgan fingerprint density at radius 1 is 0.900 bits per heavy atom. The van der Waals surface area contributed by atoms with E-state index >= 15 is 0 Å². The van der Waals surface area contributed by atoms with Crippen LogP contribution >= 0.6 is 0 Å². The van der Waals surface area contributed by atoms with Crippen molar-refractivity contribution in [2.75, 3.05) is 33.2 Å². The lowest BCUT2D eigenvalue weighted by molar-refractivity contribution is -0.137. The third-order valence-corrected chi connectivity index (χ3v) is 6.32. The number of alkyl halides is 3. The maximum absolute atomic E-state index is 14.9. The van der Waals surface area contributed by atoms with Crippen molar-refractivity contribution >= 4 is 0 Å². The van der Waals surface area contributed by atoms with Gasteiger partial charge < -0.3 is 4.90 Å². The largest absolute Gasteiger partial charge is 0.417 e. The third-order valence-electron chi connectivity index (χ3n) is 6.32. The van der Waals surface area contributed by atoms with Crippen LogP contribution < -0.4 is 0 Å². The topological polar surface area (TPSA) is 6.48 Å². The monoisotopic (exact) mass is 424 g/mol. The molecule has 0 aliphatic carbocycles. The molecule has 2 nitrogen and oxygen atoms in total. The molecule has 0 amide bonds. The SMILES string of the molecule is CC(C)N1CC(c2c(F)cc(F)cc2-c2cc(C3CN(C)C3)ccc2C(F)(F)F)C1. The van der Waals surface area contributed by atoms with Crippen molar-refractivity contribution < 1.29 is 22.0 Å². The average Bonchev–Trinajstić information content (AvgIpc) is 2.57. The van der Waals surface area contributed by atoms with Gasteiger partial charge in [0.2, 0.25) is 0 Å². The van der Waals surface area contributed by atoms with E-state index in [1.54, 1.807) is 0 Å². The van der Waals surface area contributed by atoms with Crippen molar-refractivity contribution in [1.29, 1.82) is 0 Å². The average molecular weight is 424 g/mol. The highest BCUT2D eigenvalue weighted by Gasteiger charge is 2.38. The maximum Gasteiger partial charge on any atom is 0.417 e. The predicted octanol–water partition coefficient (Wildman–Crippen LogP) is 5.49. The van der Waals surface area contributed by atoms with Crippen molar-refractivity contribution in [2.45, 2.75) is 37.9 Å². The summed E-state index contributed by atoms with van der Waals surface area (Å²) >= 11 is 0. The predicted molar refractivity (Wildman–Crippen MR) is 106 cm³/mol. The van der Waals surface area contributed by atoms with Crippen molar-refractivity contribution in [3.8, 4) is 11.1 Å². The molecule has 2 aromatic carbocycles. The lowest BCUT2D eigenvalue weighted by Gasteiger charge is -2.43. The van der Waals surface area contributed by atoms with Crippen LogP contribution in [-0.4, -0.2) is 49.1 Å². The van der Waals surface area contributed by atoms with E-state index in [1.807, 2.05) is 20.9 Å². The minimum Gasteiger partial charge on any atom is -0.305 e. The van der Waals surface area contributed by atoms with Gasteiger partial charge in [-0.3, -0.25) is 4.90 Å². The third kappa shape index (κ3) is 3.85. The highest BCUT2D eigenvalue weighted by molar-refractivity contribution is 5.73. The van der Waals surface area contributed by atoms with Crippen LogP contribution in [0.15, 0.2) is 30.3 Å². The van der Waals surface area contributed by atoms with Gasteiger partial charge in [-0.25, -0.2) is 8.78 Å². The molecule has 7 heteroatoms. The minimum absolute atomic E-state index is 0.0164. The van der Waals surface area contributed by atoms with Gasteiger partial charge in [-0.1, -0.05) is 12.1 Å². The van der Waals surface area contributed by atoms with E-state index < -0.39 is 23.4 Å². The molecule has 4 rings (SSSR count). The Morgan fingerprint density at radius 3 is 2.13 bits per heavy atom. The van der Waals surface area contributed by atoms with Gasteiger partial charge in [0.1, 0.15) is 11.6 Å². The standard InChI is InChI=1S/C23H25F5N2/c1-13(2)30-11-16(12-30)22-19(7-17(24)8-21(22)25)18-6-14(15-9-29(3)10-15)4-5-20(18)23(26,27)28/h4-8,13,15-16H,9-12H2,1-3H3. The lowest BCUT2D eigenvalue weighted by atomic mass is 9.81. The number of rotatable bonds is 4. The van der Waals surface area contributed by atoms with Crippen molar-refractivity contribution in [1.82, 2.24) is 9.80 Å². The van der Waals surface area contributed by atoms with Crippen LogP contribution in [0.3, 0.4) is 0 Å². The Balaban J connectivity index is 1.83. The maximum atomic E-state index is 14.9. The summed E-state index contributed by atoms with van der Waals surface area (Å²) in [6.07, 6.45) is -4.62. The Hall–Kier alpha value is -1.99. The van der Waals surface area contributed by atoms with E-state index in [0.717, 1.165) is 36.9 Å². The second-order valence-electron chi connectivity index (χ2n) is 8.81. The van der Waals surface area contributed by atoms with Crippen LogP contribution in [0.5, 0.6) is 0 Å². The van der Waals surface area contributed by atoms with Crippen LogP contribution in [0, 0.1) is 11.6 Å². The van der Waals surface area contributed by atoms with E-state index in [1.165, 1.54) is 12.1 Å². The summed E-state index contributed by atoms with van der Waals surface area (Å²) in [5.41, 5.74) is -0.0234. The molecule has 30 heavy (non-hydrogen) atoms. The van der Waals surface area contributed by atoms with Crippen molar-refractivity contribution in [3.05, 3.63) is 58.7 Å². The Morgan fingerprint density at radius 2 is 1.57 bits per heavy atom. The van der Waals surface area contributed by atoms with E-state index in [4.69, 9.17) is 0 Å². The molecule has 2 fully saturated rings. The zero-order valence-corrected chi connectivity index (χ0v) is 17.2. The van der Waals surface area contributed by atoms with Gasteiger partial charge in [0.05, 0.1) is 5.56 Å². The zero-order valence-electron chi connectivity index (χ0n) is 17.2. The molecule has 2 heterocycles. The first-order chi connectivity index (χ1) is 14.0. The molecule has 0 saturated carbocycles. The minimum atomic E-state index is -4.62. The fraction of sp³-hybridized carbons (Fsp3) is 0.478. The molecular formula is C23H25F5N2. The van der Waals surface area contributed by atoms with Gasteiger partial charge in [-0.15, -0.1) is 0 Å². The molecule has 2 aromatic rings. The van der Waals surface area contributed by atoms with Crippen LogP contribution in [0.1, 0.15) is 42.4 Å². The normalized spacial score (nSPS) is 19.2. The number of likely N-dealkylation sites (N-methyl/N-ethyl adjacent to an activating group) is 1. The van der Waals surface area contributed by atoms with Gasteiger partial charge in [0.15, 0.2) is 0 Å². The summed E-state index contributed by atoms with van der Waals surface area (Å²) < 4.78 is 70.5. The Bertz CT molecular complexity index is 941. The number of hydrogen-bond donors (Lipinski definition) is 0. The first-order valence-corrected chi connectivity index (χ1v) is 10.2. The summed E-state index contributed by atoms with van der Waals surface area (Å²) in [5, 5.41) is 0. The summed E-state index contributed by atoms with van der Waals surface area (Å²) in [6.45, 7) is 6.61. The molecule has 2 aliphatic heterocycles. The van der Waals surface area contributed by atoms with Crippen LogP contribution in [0.25, 0.3) is 11.1 Å². The van der Waals surface area contributed by atoms with Crippen molar-refractivity contribution in [2.24, 2.45) is 0 Å². The van der Waals surface area contributed by atoms with Gasteiger partial charge in [0.25, 0.3) is 0 Å². The highest BCUT2D eigenvalue weighted by atomic mass is 19.4. The fourth-order valence-electron chi connectivity index (χ4n) is 4.54. The van der Waals surface area contributed by atoms with E-state index in [2.05, 4.69) is 9.80 Å². The first-order valence-electron chi connectivity index (χ1n) is 10.2.